The molecule has 0 saturated heterocycles. The zero-order chi connectivity index (χ0) is 14.6. The largest absolute Gasteiger partial charge is 0.381 e. The van der Waals surface area contributed by atoms with Crippen LogP contribution in [0, 0.1) is 30.1 Å². The minimum absolute atomic E-state index is 0.567. The van der Waals surface area contributed by atoms with Gasteiger partial charge in [0.15, 0.2) is 0 Å². The van der Waals surface area contributed by atoms with Gasteiger partial charge in [-0.25, -0.2) is 0 Å². The third-order valence-corrected chi connectivity index (χ3v) is 7.19. The molecule has 0 radical (unpaired) electrons. The van der Waals surface area contributed by atoms with E-state index in [0.717, 1.165) is 17.8 Å². The number of aryl methyl sites for hydroxylation is 1. The molecule has 4 aliphatic carbocycles. The summed E-state index contributed by atoms with van der Waals surface area (Å²) in [5, 5.41) is 3.86. The average molecular weight is 348 g/mol. The van der Waals surface area contributed by atoms with E-state index >= 15 is 0 Å². The molecule has 4 saturated carbocycles. The van der Waals surface area contributed by atoms with Gasteiger partial charge in [-0.1, -0.05) is 6.07 Å². The number of hydrogen-bond acceptors (Lipinski definition) is 1. The average Bonchev–Trinajstić information content (AvgIpc) is 2.41. The van der Waals surface area contributed by atoms with Gasteiger partial charge in [0, 0.05) is 16.2 Å². The van der Waals surface area contributed by atoms with Crippen LogP contribution in [-0.4, -0.2) is 6.04 Å². The minimum atomic E-state index is 0.567. The van der Waals surface area contributed by atoms with Crippen LogP contribution < -0.4 is 5.32 Å². The lowest BCUT2D eigenvalue weighted by molar-refractivity contribution is -0.0602. The van der Waals surface area contributed by atoms with Crippen molar-refractivity contribution < 1.29 is 0 Å². The zero-order valence-corrected chi connectivity index (χ0v) is 14.7. The van der Waals surface area contributed by atoms with Crippen LogP contribution in [0.15, 0.2) is 22.7 Å². The molecule has 0 amide bonds. The van der Waals surface area contributed by atoms with Gasteiger partial charge >= 0.3 is 0 Å². The lowest BCUT2D eigenvalue weighted by Gasteiger charge is -2.59. The van der Waals surface area contributed by atoms with Crippen molar-refractivity contribution in [3.05, 3.63) is 28.2 Å². The molecule has 0 spiro atoms. The highest BCUT2D eigenvalue weighted by atomic mass is 79.9. The van der Waals surface area contributed by atoms with Crippen LogP contribution in [0.3, 0.4) is 0 Å². The Kier molecular flexibility index (Phi) is 3.37. The van der Waals surface area contributed by atoms with Crippen LogP contribution in [0.2, 0.25) is 0 Å². The molecule has 0 aromatic heterocycles. The predicted octanol–water partition coefficient (Wildman–Crippen LogP) is 5.77. The normalized spacial score (nSPS) is 38.5. The summed E-state index contributed by atoms with van der Waals surface area (Å²) in [5.74, 6) is 3.09. The number of anilines is 1. The Morgan fingerprint density at radius 2 is 1.67 bits per heavy atom. The molecular formula is C19H26BrN. The fourth-order valence-corrected chi connectivity index (χ4v) is 6.21. The van der Waals surface area contributed by atoms with Crippen LogP contribution in [0.4, 0.5) is 5.69 Å². The summed E-state index contributed by atoms with van der Waals surface area (Å²) in [6.07, 6.45) is 8.99. The number of hydrogen-bond donors (Lipinski definition) is 1. The molecule has 4 aliphatic rings. The number of rotatable bonds is 3. The van der Waals surface area contributed by atoms with Gasteiger partial charge in [0.2, 0.25) is 0 Å². The van der Waals surface area contributed by atoms with Gasteiger partial charge in [0.05, 0.1) is 0 Å². The smallest absolute Gasteiger partial charge is 0.0489 e. The monoisotopic (exact) mass is 347 g/mol. The van der Waals surface area contributed by atoms with Crippen molar-refractivity contribution in [2.24, 2.45) is 23.2 Å². The fourth-order valence-electron chi connectivity index (χ4n) is 5.84. The third kappa shape index (κ3) is 2.44. The van der Waals surface area contributed by atoms with Gasteiger partial charge in [-0.05, 0) is 109 Å². The maximum atomic E-state index is 3.86. The Hall–Kier alpha value is -0.500. The molecule has 1 unspecified atom stereocenters. The maximum absolute atomic E-state index is 3.86. The van der Waals surface area contributed by atoms with Crippen LogP contribution in [0.1, 0.15) is 51.0 Å². The van der Waals surface area contributed by atoms with Crippen molar-refractivity contribution in [2.75, 3.05) is 5.32 Å². The maximum Gasteiger partial charge on any atom is 0.0489 e. The summed E-state index contributed by atoms with van der Waals surface area (Å²) in [4.78, 5) is 0. The van der Waals surface area contributed by atoms with Crippen molar-refractivity contribution in [2.45, 2.75) is 58.4 Å². The summed E-state index contributed by atoms with van der Waals surface area (Å²) < 4.78 is 1.20. The van der Waals surface area contributed by atoms with E-state index in [9.17, 15) is 0 Å². The molecular weight excluding hydrogens is 322 g/mol. The van der Waals surface area contributed by atoms with Gasteiger partial charge in [-0.3, -0.25) is 0 Å². The van der Waals surface area contributed by atoms with Gasteiger partial charge in [-0.2, -0.15) is 0 Å². The van der Waals surface area contributed by atoms with Crippen LogP contribution in [0.25, 0.3) is 0 Å². The first-order valence-electron chi connectivity index (χ1n) is 8.57. The summed E-state index contributed by atoms with van der Waals surface area (Å²) in [6.45, 7) is 4.61. The Morgan fingerprint density at radius 1 is 1.10 bits per heavy atom. The summed E-state index contributed by atoms with van der Waals surface area (Å²) >= 11 is 3.71. The van der Waals surface area contributed by atoms with Crippen molar-refractivity contribution in [3.8, 4) is 0 Å². The Morgan fingerprint density at radius 3 is 2.24 bits per heavy atom. The molecule has 1 aromatic carbocycles. The molecule has 1 nitrogen and oxygen atoms in total. The molecule has 1 aromatic rings. The summed E-state index contributed by atoms with van der Waals surface area (Å²) in [7, 11) is 0. The molecule has 0 aliphatic heterocycles. The molecule has 114 valence electrons. The highest BCUT2D eigenvalue weighted by molar-refractivity contribution is 9.10. The van der Waals surface area contributed by atoms with E-state index in [4.69, 9.17) is 0 Å². The predicted molar refractivity (Wildman–Crippen MR) is 92.6 cm³/mol. The number of benzene rings is 1. The highest BCUT2D eigenvalue weighted by Gasteiger charge is 2.53. The van der Waals surface area contributed by atoms with Crippen molar-refractivity contribution in [1.29, 1.82) is 0 Å². The second-order valence-corrected chi connectivity index (χ2v) is 8.98. The first-order chi connectivity index (χ1) is 10.0. The van der Waals surface area contributed by atoms with E-state index in [1.165, 1.54) is 54.2 Å². The van der Waals surface area contributed by atoms with Crippen LogP contribution in [-0.2, 0) is 0 Å². The molecule has 5 rings (SSSR count). The fraction of sp³-hybridized carbons (Fsp3) is 0.684. The van der Waals surface area contributed by atoms with E-state index in [2.05, 4.69) is 53.3 Å². The summed E-state index contributed by atoms with van der Waals surface area (Å²) in [6, 6.07) is 7.21. The van der Waals surface area contributed by atoms with Crippen molar-refractivity contribution in [3.63, 3.8) is 0 Å². The molecule has 4 bridgehead atoms. The lowest BCUT2D eigenvalue weighted by Crippen LogP contribution is -2.52. The topological polar surface area (TPSA) is 12.0 Å². The first-order valence-corrected chi connectivity index (χ1v) is 9.36. The zero-order valence-electron chi connectivity index (χ0n) is 13.2. The van der Waals surface area contributed by atoms with Crippen LogP contribution >= 0.6 is 15.9 Å². The Labute approximate surface area is 137 Å². The summed E-state index contributed by atoms with van der Waals surface area (Å²) in [5.41, 5.74) is 3.18. The molecule has 4 fully saturated rings. The molecule has 21 heavy (non-hydrogen) atoms. The second kappa shape index (κ2) is 5.01. The van der Waals surface area contributed by atoms with Crippen molar-refractivity contribution in [1.82, 2.24) is 0 Å². The van der Waals surface area contributed by atoms with Gasteiger partial charge in [0.1, 0.15) is 0 Å². The highest BCUT2D eigenvalue weighted by Crippen LogP contribution is 2.61. The van der Waals surface area contributed by atoms with E-state index in [1.807, 2.05) is 0 Å². The Balaban J connectivity index is 1.57. The SMILES string of the molecule is Cc1ccc(Br)c(NC(C)C23CC4CC(CC(C4)C2)C3)c1. The van der Waals surface area contributed by atoms with Crippen LogP contribution in [0.5, 0.6) is 0 Å². The van der Waals surface area contributed by atoms with Gasteiger partial charge < -0.3 is 5.32 Å². The van der Waals surface area contributed by atoms with Crippen molar-refractivity contribution >= 4 is 21.6 Å². The number of nitrogens with one attached hydrogen (secondary N) is 1. The van der Waals surface area contributed by atoms with E-state index in [0.29, 0.717) is 11.5 Å². The molecule has 1 atom stereocenters. The quantitative estimate of drug-likeness (QED) is 0.731. The molecule has 1 N–H and O–H groups in total. The minimum Gasteiger partial charge on any atom is -0.381 e. The van der Waals surface area contributed by atoms with E-state index < -0.39 is 0 Å². The van der Waals surface area contributed by atoms with E-state index in [-0.39, 0.29) is 0 Å². The van der Waals surface area contributed by atoms with Gasteiger partial charge in [0.25, 0.3) is 0 Å². The lowest BCUT2D eigenvalue weighted by atomic mass is 9.48. The standard InChI is InChI=1S/C19H26BrN/c1-12-3-4-17(20)18(5-12)21-13(2)19-9-14-6-15(10-19)8-16(7-14)11-19/h3-5,13-16,21H,6-11H2,1-2H3. The second-order valence-electron chi connectivity index (χ2n) is 8.13. The van der Waals surface area contributed by atoms with E-state index in [1.54, 1.807) is 0 Å². The molecule has 2 heteroatoms. The Bertz CT molecular complexity index is 515. The molecule has 0 heterocycles. The van der Waals surface area contributed by atoms with Gasteiger partial charge in [-0.15, -0.1) is 0 Å². The first kappa shape index (κ1) is 14.1. The third-order valence-electron chi connectivity index (χ3n) is 6.50. The number of halogens is 1.